The molecule has 23 heavy (non-hydrogen) atoms. The third-order valence-corrected chi connectivity index (χ3v) is 4.54. The number of aryl methyl sites for hydroxylation is 1. The zero-order chi connectivity index (χ0) is 15.7. The Balaban J connectivity index is 0.00000484. The van der Waals surface area contributed by atoms with Gasteiger partial charge >= 0.3 is 0 Å². The first-order valence-electron chi connectivity index (χ1n) is 9.82. The van der Waals surface area contributed by atoms with Crippen LogP contribution in [0.3, 0.4) is 0 Å². The number of rotatable bonds is 15. The van der Waals surface area contributed by atoms with Crippen molar-refractivity contribution in [2.45, 2.75) is 103 Å². The van der Waals surface area contributed by atoms with Crippen molar-refractivity contribution in [3.8, 4) is 0 Å². The van der Waals surface area contributed by atoms with E-state index in [4.69, 9.17) is 0 Å². The second kappa shape index (κ2) is 17.8. The van der Waals surface area contributed by atoms with E-state index in [9.17, 15) is 0 Å². The molecule has 0 aromatic carbocycles. The van der Waals surface area contributed by atoms with Gasteiger partial charge in [-0.1, -0.05) is 96.5 Å². The highest BCUT2D eigenvalue weighted by Crippen LogP contribution is 2.13. The van der Waals surface area contributed by atoms with Crippen molar-refractivity contribution in [3.63, 3.8) is 0 Å². The van der Waals surface area contributed by atoms with Gasteiger partial charge in [0.15, 0.2) is 0 Å². The maximum atomic E-state index is 4.17. The molecule has 1 rings (SSSR count). The molecule has 0 amide bonds. The molecule has 0 fully saturated rings. The van der Waals surface area contributed by atoms with Crippen molar-refractivity contribution in [3.05, 3.63) is 30.1 Å². The van der Waals surface area contributed by atoms with Crippen LogP contribution in [0.5, 0.6) is 0 Å². The number of hydrogen-bond acceptors (Lipinski definition) is 1. The summed E-state index contributed by atoms with van der Waals surface area (Å²) in [7, 11) is 0. The Morgan fingerprint density at radius 3 is 1.61 bits per heavy atom. The van der Waals surface area contributed by atoms with Crippen molar-refractivity contribution < 1.29 is 0 Å². The minimum Gasteiger partial charge on any atom is -0.264 e. The van der Waals surface area contributed by atoms with Crippen LogP contribution in [0.15, 0.2) is 24.5 Å². The molecule has 2 heteroatoms. The van der Waals surface area contributed by atoms with Gasteiger partial charge in [0.25, 0.3) is 0 Å². The molecular weight excluding hydrogens is 302 g/mol. The van der Waals surface area contributed by atoms with Crippen LogP contribution in [-0.4, -0.2) is 4.98 Å². The Morgan fingerprint density at radius 1 is 0.696 bits per heavy atom. The predicted molar refractivity (Wildman–Crippen MR) is 106 cm³/mol. The van der Waals surface area contributed by atoms with Gasteiger partial charge in [-0.2, -0.15) is 0 Å². The molecule has 1 aromatic heterocycles. The highest BCUT2D eigenvalue weighted by Gasteiger charge is 1.95. The standard InChI is InChI=1S/C21H37N.ClH/c1-2-3-4-5-6-7-8-9-10-11-12-13-14-15-17-21-18-16-19-22-20-21;/h16,18-20H,2-15,17H2,1H3;1H. The molecule has 0 N–H and O–H groups in total. The van der Waals surface area contributed by atoms with E-state index in [1.807, 2.05) is 18.5 Å². The first kappa shape index (κ1) is 22.4. The van der Waals surface area contributed by atoms with Crippen molar-refractivity contribution in [2.24, 2.45) is 0 Å². The topological polar surface area (TPSA) is 12.9 Å². The molecule has 0 aliphatic rings. The molecule has 0 spiro atoms. The van der Waals surface area contributed by atoms with E-state index in [0.29, 0.717) is 0 Å². The van der Waals surface area contributed by atoms with E-state index in [1.165, 1.54) is 102 Å². The Kier molecular flexibility index (Phi) is 17.4. The highest BCUT2D eigenvalue weighted by atomic mass is 35.5. The SMILES string of the molecule is CCCCCCCCCCCCCCCCc1cccnc1.Cl. The normalized spacial score (nSPS) is 10.5. The van der Waals surface area contributed by atoms with E-state index >= 15 is 0 Å². The van der Waals surface area contributed by atoms with Crippen molar-refractivity contribution in [1.29, 1.82) is 0 Å². The Hall–Kier alpha value is -0.560. The molecule has 1 aromatic rings. The summed E-state index contributed by atoms with van der Waals surface area (Å²) in [6, 6.07) is 4.23. The monoisotopic (exact) mass is 339 g/mol. The summed E-state index contributed by atoms with van der Waals surface area (Å²) in [4.78, 5) is 4.17. The van der Waals surface area contributed by atoms with Gasteiger partial charge in [0, 0.05) is 12.4 Å². The number of aromatic nitrogens is 1. The van der Waals surface area contributed by atoms with Gasteiger partial charge < -0.3 is 0 Å². The molecule has 0 saturated heterocycles. The smallest absolute Gasteiger partial charge is 0.0299 e. The summed E-state index contributed by atoms with van der Waals surface area (Å²) < 4.78 is 0. The lowest BCUT2D eigenvalue weighted by molar-refractivity contribution is 0.535. The number of pyridine rings is 1. The van der Waals surface area contributed by atoms with E-state index in [2.05, 4.69) is 18.0 Å². The fraction of sp³-hybridized carbons (Fsp3) is 0.762. The van der Waals surface area contributed by atoms with Crippen LogP contribution in [-0.2, 0) is 6.42 Å². The summed E-state index contributed by atoms with van der Waals surface area (Å²) in [5.41, 5.74) is 1.39. The number of unbranched alkanes of at least 4 members (excludes halogenated alkanes) is 13. The minimum atomic E-state index is 0. The summed E-state index contributed by atoms with van der Waals surface area (Å²) in [5.74, 6) is 0. The molecule has 0 atom stereocenters. The molecule has 0 radical (unpaired) electrons. The second-order valence-corrected chi connectivity index (χ2v) is 6.71. The average molecular weight is 340 g/mol. The number of halogens is 1. The van der Waals surface area contributed by atoms with Crippen LogP contribution in [0.2, 0.25) is 0 Å². The molecule has 0 bridgehead atoms. The summed E-state index contributed by atoms with van der Waals surface area (Å²) in [6.07, 6.45) is 25.1. The molecular formula is C21H38ClN. The van der Waals surface area contributed by atoms with Crippen molar-refractivity contribution in [1.82, 2.24) is 4.98 Å². The summed E-state index contributed by atoms with van der Waals surface area (Å²) in [5, 5.41) is 0. The fourth-order valence-corrected chi connectivity index (χ4v) is 3.07. The largest absolute Gasteiger partial charge is 0.264 e. The Morgan fingerprint density at radius 2 is 1.17 bits per heavy atom. The lowest BCUT2D eigenvalue weighted by atomic mass is 10.0. The maximum absolute atomic E-state index is 4.17. The average Bonchev–Trinajstić information content (AvgIpc) is 2.56. The quantitative estimate of drug-likeness (QED) is 0.301. The first-order valence-corrected chi connectivity index (χ1v) is 9.82. The van der Waals surface area contributed by atoms with Crippen LogP contribution in [0.25, 0.3) is 0 Å². The number of nitrogens with zero attached hydrogens (tertiary/aromatic N) is 1. The molecule has 0 saturated carbocycles. The lowest BCUT2D eigenvalue weighted by Gasteiger charge is -2.03. The zero-order valence-electron chi connectivity index (χ0n) is 15.3. The molecule has 0 aliphatic heterocycles. The van der Waals surface area contributed by atoms with Crippen molar-refractivity contribution >= 4 is 12.4 Å². The molecule has 0 aliphatic carbocycles. The van der Waals surface area contributed by atoms with Gasteiger partial charge in [-0.05, 0) is 24.5 Å². The first-order chi connectivity index (χ1) is 10.9. The van der Waals surface area contributed by atoms with Crippen LogP contribution in [0, 0.1) is 0 Å². The third kappa shape index (κ3) is 14.7. The minimum absolute atomic E-state index is 0. The van der Waals surface area contributed by atoms with Crippen molar-refractivity contribution in [2.75, 3.05) is 0 Å². The van der Waals surface area contributed by atoms with E-state index < -0.39 is 0 Å². The van der Waals surface area contributed by atoms with Gasteiger partial charge in [-0.3, -0.25) is 4.98 Å². The highest BCUT2D eigenvalue weighted by molar-refractivity contribution is 5.85. The van der Waals surface area contributed by atoms with Crippen LogP contribution in [0.1, 0.15) is 102 Å². The van der Waals surface area contributed by atoms with Gasteiger partial charge in [0.1, 0.15) is 0 Å². The van der Waals surface area contributed by atoms with E-state index in [-0.39, 0.29) is 12.4 Å². The Bertz CT molecular complexity index is 326. The third-order valence-electron chi connectivity index (χ3n) is 4.54. The molecule has 0 unspecified atom stereocenters. The maximum Gasteiger partial charge on any atom is 0.0299 e. The summed E-state index contributed by atoms with van der Waals surface area (Å²) in [6.45, 7) is 2.29. The van der Waals surface area contributed by atoms with Gasteiger partial charge in [0.05, 0.1) is 0 Å². The molecule has 1 heterocycles. The molecule has 134 valence electrons. The fourth-order valence-electron chi connectivity index (χ4n) is 3.07. The lowest BCUT2D eigenvalue weighted by Crippen LogP contribution is -1.87. The van der Waals surface area contributed by atoms with Crippen LogP contribution in [0.4, 0.5) is 0 Å². The zero-order valence-corrected chi connectivity index (χ0v) is 16.1. The van der Waals surface area contributed by atoms with Gasteiger partial charge in [-0.25, -0.2) is 0 Å². The summed E-state index contributed by atoms with van der Waals surface area (Å²) >= 11 is 0. The second-order valence-electron chi connectivity index (χ2n) is 6.71. The van der Waals surface area contributed by atoms with Gasteiger partial charge in [0.2, 0.25) is 0 Å². The molecule has 1 nitrogen and oxygen atoms in total. The van der Waals surface area contributed by atoms with E-state index in [0.717, 1.165) is 0 Å². The van der Waals surface area contributed by atoms with Gasteiger partial charge in [-0.15, -0.1) is 12.4 Å². The Labute approximate surface area is 151 Å². The van der Waals surface area contributed by atoms with Crippen LogP contribution >= 0.6 is 12.4 Å². The van der Waals surface area contributed by atoms with E-state index in [1.54, 1.807) is 0 Å². The van der Waals surface area contributed by atoms with Crippen LogP contribution < -0.4 is 0 Å². The number of hydrogen-bond donors (Lipinski definition) is 0. The predicted octanol–water partition coefficient (Wildman–Crippen LogP) is 7.53.